The summed E-state index contributed by atoms with van der Waals surface area (Å²) in [5, 5.41) is 7.31. The van der Waals surface area contributed by atoms with Gasteiger partial charge >= 0.3 is 0 Å². The van der Waals surface area contributed by atoms with Crippen molar-refractivity contribution in [3.8, 4) is 0 Å². The number of carbonyl (C=O) groups is 1. The standard InChI is InChI=1S/C14H17N3OS2/c18-13(7-10-9-19-6-5-15-10)16-8-14-17-11-3-1-2-4-12(11)20-14/h1-4,10,15H,5-9H2,(H,16,18). The number of fused-ring (bicyclic) bond motifs is 1. The molecule has 1 amide bonds. The van der Waals surface area contributed by atoms with E-state index in [-0.39, 0.29) is 5.91 Å². The molecule has 4 nitrogen and oxygen atoms in total. The molecule has 1 aromatic carbocycles. The van der Waals surface area contributed by atoms with E-state index in [1.165, 1.54) is 4.70 Å². The summed E-state index contributed by atoms with van der Waals surface area (Å²) in [6.45, 7) is 1.53. The van der Waals surface area contributed by atoms with Crippen molar-refractivity contribution in [1.29, 1.82) is 0 Å². The molecular weight excluding hydrogens is 290 g/mol. The maximum absolute atomic E-state index is 11.9. The van der Waals surface area contributed by atoms with Crippen molar-refractivity contribution in [3.63, 3.8) is 0 Å². The maximum atomic E-state index is 11.9. The summed E-state index contributed by atoms with van der Waals surface area (Å²) in [4.78, 5) is 16.4. The fourth-order valence-corrected chi connectivity index (χ4v) is 4.07. The summed E-state index contributed by atoms with van der Waals surface area (Å²) >= 11 is 3.55. The lowest BCUT2D eigenvalue weighted by molar-refractivity contribution is -0.121. The number of nitrogens with one attached hydrogen (secondary N) is 2. The molecule has 2 aromatic rings. The Balaban J connectivity index is 1.51. The number of para-hydroxylation sites is 1. The number of thioether (sulfide) groups is 1. The number of hydrogen-bond acceptors (Lipinski definition) is 5. The van der Waals surface area contributed by atoms with Crippen LogP contribution in [-0.4, -0.2) is 35.0 Å². The van der Waals surface area contributed by atoms with Crippen LogP contribution in [0.5, 0.6) is 0 Å². The van der Waals surface area contributed by atoms with Gasteiger partial charge in [0.05, 0.1) is 16.8 Å². The lowest BCUT2D eigenvalue weighted by Gasteiger charge is -2.22. The zero-order valence-corrected chi connectivity index (χ0v) is 12.7. The summed E-state index contributed by atoms with van der Waals surface area (Å²) in [5.74, 6) is 2.27. The maximum Gasteiger partial charge on any atom is 0.221 e. The smallest absolute Gasteiger partial charge is 0.221 e. The Morgan fingerprint density at radius 1 is 1.45 bits per heavy atom. The van der Waals surface area contributed by atoms with E-state index >= 15 is 0 Å². The number of hydrogen-bond donors (Lipinski definition) is 2. The molecule has 0 radical (unpaired) electrons. The second-order valence-electron chi connectivity index (χ2n) is 4.78. The van der Waals surface area contributed by atoms with E-state index in [1.807, 2.05) is 30.0 Å². The summed E-state index contributed by atoms with van der Waals surface area (Å²) < 4.78 is 1.17. The molecule has 0 aliphatic carbocycles. The number of benzene rings is 1. The Hall–Kier alpha value is -1.11. The molecule has 1 saturated heterocycles. The van der Waals surface area contributed by atoms with Gasteiger partial charge in [0.2, 0.25) is 5.91 Å². The van der Waals surface area contributed by atoms with E-state index in [2.05, 4.69) is 21.7 Å². The SMILES string of the molecule is O=C(CC1CSCCN1)NCc1nc2ccccc2s1. The molecule has 0 saturated carbocycles. The van der Waals surface area contributed by atoms with Gasteiger partial charge in [-0.25, -0.2) is 4.98 Å². The van der Waals surface area contributed by atoms with Gasteiger partial charge in [0.25, 0.3) is 0 Å². The van der Waals surface area contributed by atoms with Gasteiger partial charge in [0.15, 0.2) is 0 Å². The molecule has 1 atom stereocenters. The summed E-state index contributed by atoms with van der Waals surface area (Å²) in [5.41, 5.74) is 1.01. The van der Waals surface area contributed by atoms with E-state index in [9.17, 15) is 4.79 Å². The van der Waals surface area contributed by atoms with Crippen LogP contribution in [0.2, 0.25) is 0 Å². The summed E-state index contributed by atoms with van der Waals surface area (Å²) in [6, 6.07) is 8.36. The van der Waals surface area contributed by atoms with Crippen LogP contribution in [0.1, 0.15) is 11.4 Å². The molecule has 0 bridgehead atoms. The van der Waals surface area contributed by atoms with Gasteiger partial charge < -0.3 is 10.6 Å². The number of aromatic nitrogens is 1. The van der Waals surface area contributed by atoms with Crippen molar-refractivity contribution in [1.82, 2.24) is 15.6 Å². The minimum absolute atomic E-state index is 0.101. The third-order valence-corrected chi connectivity index (χ3v) is 5.37. The molecule has 6 heteroatoms. The van der Waals surface area contributed by atoms with Crippen molar-refractivity contribution in [2.75, 3.05) is 18.1 Å². The van der Waals surface area contributed by atoms with Gasteiger partial charge in [0, 0.05) is 30.5 Å². The van der Waals surface area contributed by atoms with Crippen LogP contribution >= 0.6 is 23.1 Å². The van der Waals surface area contributed by atoms with Crippen LogP contribution in [-0.2, 0) is 11.3 Å². The molecule has 3 rings (SSSR count). The Morgan fingerprint density at radius 2 is 2.35 bits per heavy atom. The minimum Gasteiger partial charge on any atom is -0.350 e. The van der Waals surface area contributed by atoms with E-state index in [0.717, 1.165) is 28.6 Å². The quantitative estimate of drug-likeness (QED) is 0.907. The number of thiazole rings is 1. The highest BCUT2D eigenvalue weighted by molar-refractivity contribution is 7.99. The first kappa shape index (κ1) is 13.9. The zero-order chi connectivity index (χ0) is 13.8. The van der Waals surface area contributed by atoms with Crippen LogP contribution in [0.4, 0.5) is 0 Å². The number of amides is 1. The van der Waals surface area contributed by atoms with Crippen molar-refractivity contribution in [2.24, 2.45) is 0 Å². The molecule has 2 N–H and O–H groups in total. The monoisotopic (exact) mass is 307 g/mol. The van der Waals surface area contributed by atoms with Gasteiger partial charge in [-0.05, 0) is 12.1 Å². The van der Waals surface area contributed by atoms with Crippen molar-refractivity contribution in [3.05, 3.63) is 29.3 Å². The highest BCUT2D eigenvalue weighted by atomic mass is 32.2. The Labute approximate surface area is 126 Å². The van der Waals surface area contributed by atoms with Gasteiger partial charge in [-0.1, -0.05) is 12.1 Å². The molecule has 1 aliphatic heterocycles. The van der Waals surface area contributed by atoms with Crippen molar-refractivity contribution in [2.45, 2.75) is 19.0 Å². The van der Waals surface area contributed by atoms with Crippen molar-refractivity contribution >= 4 is 39.2 Å². The van der Waals surface area contributed by atoms with Crippen molar-refractivity contribution < 1.29 is 4.79 Å². The zero-order valence-electron chi connectivity index (χ0n) is 11.1. The number of carbonyl (C=O) groups excluding carboxylic acids is 1. The molecule has 1 fully saturated rings. The molecular formula is C14H17N3OS2. The largest absolute Gasteiger partial charge is 0.350 e. The fourth-order valence-electron chi connectivity index (χ4n) is 2.22. The highest BCUT2D eigenvalue weighted by Crippen LogP contribution is 2.21. The average Bonchev–Trinajstić information content (AvgIpc) is 2.89. The lowest BCUT2D eigenvalue weighted by Crippen LogP contribution is -2.41. The third kappa shape index (κ3) is 3.50. The second kappa shape index (κ2) is 6.56. The predicted octanol–water partition coefficient (Wildman–Crippen LogP) is 2.01. The third-order valence-electron chi connectivity index (χ3n) is 3.21. The molecule has 2 heterocycles. The first-order chi connectivity index (χ1) is 9.81. The van der Waals surface area contributed by atoms with Crippen LogP contribution in [0.3, 0.4) is 0 Å². The minimum atomic E-state index is 0.101. The average molecular weight is 307 g/mol. The first-order valence-corrected chi connectivity index (χ1v) is 8.70. The van der Waals surface area contributed by atoms with Gasteiger partial charge in [0.1, 0.15) is 5.01 Å². The van der Waals surface area contributed by atoms with Gasteiger partial charge in [-0.15, -0.1) is 11.3 Å². The molecule has 1 unspecified atom stereocenters. The number of rotatable bonds is 4. The molecule has 1 aliphatic rings. The molecule has 20 heavy (non-hydrogen) atoms. The topological polar surface area (TPSA) is 54.0 Å². The predicted molar refractivity (Wildman–Crippen MR) is 85.2 cm³/mol. The Kier molecular flexibility index (Phi) is 4.54. The fraction of sp³-hybridized carbons (Fsp3) is 0.429. The molecule has 1 aromatic heterocycles. The van der Waals surface area contributed by atoms with E-state index in [0.29, 0.717) is 19.0 Å². The van der Waals surface area contributed by atoms with Crippen LogP contribution in [0.25, 0.3) is 10.2 Å². The van der Waals surface area contributed by atoms with Crippen LogP contribution in [0, 0.1) is 0 Å². The normalized spacial score (nSPS) is 19.1. The van der Waals surface area contributed by atoms with E-state index in [4.69, 9.17) is 0 Å². The molecule has 106 valence electrons. The highest BCUT2D eigenvalue weighted by Gasteiger charge is 2.16. The first-order valence-electron chi connectivity index (χ1n) is 6.73. The lowest BCUT2D eigenvalue weighted by atomic mass is 10.2. The second-order valence-corrected chi connectivity index (χ2v) is 7.05. The number of nitrogens with zero attached hydrogens (tertiary/aromatic N) is 1. The van der Waals surface area contributed by atoms with E-state index < -0.39 is 0 Å². The van der Waals surface area contributed by atoms with Crippen LogP contribution < -0.4 is 10.6 Å². The summed E-state index contributed by atoms with van der Waals surface area (Å²) in [6.07, 6.45) is 0.553. The Bertz CT molecular complexity index is 560. The Morgan fingerprint density at radius 3 is 3.15 bits per heavy atom. The molecule has 0 spiro atoms. The van der Waals surface area contributed by atoms with Gasteiger partial charge in [-0.2, -0.15) is 11.8 Å². The van der Waals surface area contributed by atoms with E-state index in [1.54, 1.807) is 11.3 Å². The van der Waals surface area contributed by atoms with Gasteiger partial charge in [-0.3, -0.25) is 4.79 Å². The summed E-state index contributed by atoms with van der Waals surface area (Å²) in [7, 11) is 0. The van der Waals surface area contributed by atoms with Crippen LogP contribution in [0.15, 0.2) is 24.3 Å².